The molecule has 0 aliphatic heterocycles. The maximum atomic E-state index is 11.3. The standard InChI is InChI=1S/C36H56O2/c1-15-33(7,8)27-22-31(37)29(35(11,12)17-3)20-25(27)24(6)26-21-30(36(13,14)18-4)32(38-19-5)23-28(26)34(9,10)16-2/h19-24,37H,5,15-18H2,1-4,6-14H3. The SMILES string of the molecule is C=COc1cc(C(C)(C)CC)c(C(C)c2cc(C(C)(C)CC)c(O)cc2C(C)(C)CC)cc1C(C)(C)CC. The lowest BCUT2D eigenvalue weighted by Gasteiger charge is -2.36. The summed E-state index contributed by atoms with van der Waals surface area (Å²) >= 11 is 0. The van der Waals surface area contributed by atoms with Crippen molar-refractivity contribution in [3.8, 4) is 11.5 Å². The van der Waals surface area contributed by atoms with Crippen molar-refractivity contribution in [3.63, 3.8) is 0 Å². The minimum Gasteiger partial charge on any atom is -0.508 e. The third kappa shape index (κ3) is 6.16. The van der Waals surface area contributed by atoms with Crippen LogP contribution in [0.25, 0.3) is 0 Å². The van der Waals surface area contributed by atoms with E-state index in [1.54, 1.807) is 6.26 Å². The first-order valence-corrected chi connectivity index (χ1v) is 14.8. The molecule has 2 heteroatoms. The summed E-state index contributed by atoms with van der Waals surface area (Å²) in [7, 11) is 0. The van der Waals surface area contributed by atoms with Gasteiger partial charge in [-0.2, -0.15) is 0 Å². The number of hydrogen-bond donors (Lipinski definition) is 1. The van der Waals surface area contributed by atoms with E-state index in [9.17, 15) is 5.11 Å². The molecule has 1 unspecified atom stereocenters. The second kappa shape index (κ2) is 11.5. The van der Waals surface area contributed by atoms with Gasteiger partial charge >= 0.3 is 0 Å². The number of hydrogen-bond acceptors (Lipinski definition) is 2. The van der Waals surface area contributed by atoms with Crippen LogP contribution in [-0.4, -0.2) is 5.11 Å². The van der Waals surface area contributed by atoms with E-state index in [4.69, 9.17) is 4.74 Å². The number of phenols is 1. The van der Waals surface area contributed by atoms with Crippen molar-refractivity contribution in [2.24, 2.45) is 0 Å². The molecule has 0 heterocycles. The van der Waals surface area contributed by atoms with Gasteiger partial charge in [-0.15, -0.1) is 0 Å². The van der Waals surface area contributed by atoms with Gasteiger partial charge in [0.2, 0.25) is 0 Å². The molecule has 212 valence electrons. The van der Waals surface area contributed by atoms with Crippen LogP contribution in [0.3, 0.4) is 0 Å². The van der Waals surface area contributed by atoms with Crippen LogP contribution in [0.5, 0.6) is 11.5 Å². The quantitative estimate of drug-likeness (QED) is 0.282. The van der Waals surface area contributed by atoms with Crippen LogP contribution in [0.4, 0.5) is 0 Å². The fraction of sp³-hybridized carbons (Fsp3) is 0.611. The van der Waals surface area contributed by atoms with Gasteiger partial charge in [0.1, 0.15) is 11.5 Å². The van der Waals surface area contributed by atoms with Gasteiger partial charge in [-0.25, -0.2) is 0 Å². The Morgan fingerprint density at radius 1 is 0.658 bits per heavy atom. The van der Waals surface area contributed by atoms with Crippen molar-refractivity contribution >= 4 is 0 Å². The van der Waals surface area contributed by atoms with E-state index in [0.717, 1.165) is 37.0 Å². The number of ether oxygens (including phenoxy) is 1. The number of benzene rings is 2. The van der Waals surface area contributed by atoms with Crippen LogP contribution in [-0.2, 0) is 21.7 Å². The Bertz CT molecular complexity index is 1130. The fourth-order valence-electron chi connectivity index (χ4n) is 5.28. The molecule has 2 nitrogen and oxygen atoms in total. The van der Waals surface area contributed by atoms with Gasteiger partial charge in [0.15, 0.2) is 0 Å². The van der Waals surface area contributed by atoms with Gasteiger partial charge in [0.25, 0.3) is 0 Å². The largest absolute Gasteiger partial charge is 0.508 e. The predicted octanol–water partition coefficient (Wildman–Crippen LogP) is 10.8. The Kier molecular flexibility index (Phi) is 9.67. The molecule has 0 aliphatic rings. The van der Waals surface area contributed by atoms with Gasteiger partial charge in [0, 0.05) is 11.5 Å². The third-order valence-corrected chi connectivity index (χ3v) is 9.91. The average molecular weight is 521 g/mol. The molecule has 0 radical (unpaired) electrons. The molecular weight excluding hydrogens is 464 g/mol. The van der Waals surface area contributed by atoms with Crippen molar-refractivity contribution in [1.29, 1.82) is 0 Å². The first kappa shape index (κ1) is 32.0. The molecule has 2 rings (SSSR count). The molecule has 0 bridgehead atoms. The lowest BCUT2D eigenvalue weighted by atomic mass is 9.69. The highest BCUT2D eigenvalue weighted by Crippen LogP contribution is 2.47. The Hall–Kier alpha value is -2.22. The number of aromatic hydroxyl groups is 1. The van der Waals surface area contributed by atoms with Gasteiger partial charge in [0.05, 0.1) is 6.26 Å². The molecule has 0 aliphatic carbocycles. The second-order valence-electron chi connectivity index (χ2n) is 13.8. The molecule has 2 aromatic carbocycles. The normalized spacial score (nSPS) is 13.9. The minimum absolute atomic E-state index is 0.0271. The smallest absolute Gasteiger partial charge is 0.130 e. The predicted molar refractivity (Wildman–Crippen MR) is 166 cm³/mol. The molecule has 0 spiro atoms. The number of rotatable bonds is 12. The molecule has 0 saturated heterocycles. The lowest BCUT2D eigenvalue weighted by Crippen LogP contribution is -2.25. The van der Waals surface area contributed by atoms with Gasteiger partial charge < -0.3 is 9.84 Å². The number of phenolic OH excluding ortho intramolecular Hbond substituents is 1. The highest BCUT2D eigenvalue weighted by molar-refractivity contribution is 5.56. The summed E-state index contributed by atoms with van der Waals surface area (Å²) in [5.74, 6) is 1.47. The van der Waals surface area contributed by atoms with Crippen LogP contribution in [0.2, 0.25) is 0 Å². The maximum Gasteiger partial charge on any atom is 0.130 e. The van der Waals surface area contributed by atoms with Crippen molar-refractivity contribution in [3.05, 3.63) is 70.5 Å². The molecule has 0 amide bonds. The third-order valence-electron chi connectivity index (χ3n) is 9.91. The molecular formula is C36H56O2. The van der Waals surface area contributed by atoms with E-state index in [1.807, 2.05) is 0 Å². The zero-order valence-corrected chi connectivity index (χ0v) is 26.9. The van der Waals surface area contributed by atoms with Crippen LogP contribution in [0.15, 0.2) is 37.1 Å². The van der Waals surface area contributed by atoms with E-state index in [1.165, 1.54) is 27.8 Å². The van der Waals surface area contributed by atoms with Crippen LogP contribution < -0.4 is 4.74 Å². The second-order valence-corrected chi connectivity index (χ2v) is 13.8. The zero-order chi connectivity index (χ0) is 29.3. The van der Waals surface area contributed by atoms with Crippen molar-refractivity contribution in [2.45, 2.75) is 143 Å². The zero-order valence-electron chi connectivity index (χ0n) is 26.9. The van der Waals surface area contributed by atoms with Gasteiger partial charge in [-0.1, -0.05) is 109 Å². The molecule has 1 N–H and O–H groups in total. The molecule has 0 fully saturated rings. The Labute approximate surface area is 234 Å². The molecule has 2 aromatic rings. The summed E-state index contributed by atoms with van der Waals surface area (Å²) in [5, 5.41) is 11.3. The topological polar surface area (TPSA) is 29.5 Å². The average Bonchev–Trinajstić information content (AvgIpc) is 2.87. The summed E-state index contributed by atoms with van der Waals surface area (Å²) in [5.41, 5.74) is 7.24. The summed E-state index contributed by atoms with van der Waals surface area (Å²) in [6.45, 7) is 33.5. The monoisotopic (exact) mass is 520 g/mol. The van der Waals surface area contributed by atoms with Crippen molar-refractivity contribution in [1.82, 2.24) is 0 Å². The Balaban J connectivity index is 3.06. The van der Waals surface area contributed by atoms with E-state index >= 15 is 0 Å². The van der Waals surface area contributed by atoms with E-state index in [0.29, 0.717) is 5.75 Å². The highest BCUT2D eigenvalue weighted by atomic mass is 16.5. The Morgan fingerprint density at radius 2 is 1.03 bits per heavy atom. The first-order valence-electron chi connectivity index (χ1n) is 14.8. The van der Waals surface area contributed by atoms with E-state index in [-0.39, 0.29) is 27.6 Å². The first-order chi connectivity index (χ1) is 17.4. The molecule has 1 atom stereocenters. The van der Waals surface area contributed by atoms with Crippen molar-refractivity contribution < 1.29 is 9.84 Å². The molecule has 38 heavy (non-hydrogen) atoms. The molecule has 0 aromatic heterocycles. The highest BCUT2D eigenvalue weighted by Gasteiger charge is 2.34. The van der Waals surface area contributed by atoms with Gasteiger partial charge in [-0.3, -0.25) is 0 Å². The van der Waals surface area contributed by atoms with Gasteiger partial charge in [-0.05, 0) is 87.3 Å². The summed E-state index contributed by atoms with van der Waals surface area (Å²) in [4.78, 5) is 0. The molecule has 0 saturated carbocycles. The summed E-state index contributed by atoms with van der Waals surface area (Å²) in [6.07, 6.45) is 5.54. The lowest BCUT2D eigenvalue weighted by molar-refractivity contribution is 0.421. The van der Waals surface area contributed by atoms with Crippen LogP contribution in [0, 0.1) is 0 Å². The van der Waals surface area contributed by atoms with Crippen LogP contribution in [0.1, 0.15) is 155 Å². The Morgan fingerprint density at radius 3 is 1.45 bits per heavy atom. The van der Waals surface area contributed by atoms with E-state index < -0.39 is 0 Å². The van der Waals surface area contributed by atoms with Crippen molar-refractivity contribution in [2.75, 3.05) is 0 Å². The fourth-order valence-corrected chi connectivity index (χ4v) is 5.28. The summed E-state index contributed by atoms with van der Waals surface area (Å²) in [6, 6.07) is 9.09. The van der Waals surface area contributed by atoms with Crippen LogP contribution >= 0.6 is 0 Å². The minimum atomic E-state index is -0.115. The maximum absolute atomic E-state index is 11.3. The van der Waals surface area contributed by atoms with E-state index in [2.05, 4.69) is 121 Å². The summed E-state index contributed by atoms with van der Waals surface area (Å²) < 4.78 is 6.07.